The topological polar surface area (TPSA) is 86.7 Å². The van der Waals surface area contributed by atoms with Gasteiger partial charge >= 0.3 is 6.03 Å². The van der Waals surface area contributed by atoms with E-state index >= 15 is 0 Å². The average Bonchev–Trinajstić information content (AvgIpc) is 2.87. The Morgan fingerprint density at radius 2 is 2.39 bits per heavy atom. The van der Waals surface area contributed by atoms with Crippen LogP contribution in [0.2, 0.25) is 0 Å². The molecule has 3 N–H and O–H groups in total. The molecular weight excluding hydrogens is 296 g/mol. The summed E-state index contributed by atoms with van der Waals surface area (Å²) in [5.41, 5.74) is 0.606. The third-order valence-electron chi connectivity index (χ3n) is 3.90. The van der Waals surface area contributed by atoms with E-state index in [2.05, 4.69) is 27.4 Å². The Kier molecular flexibility index (Phi) is 6.76. The van der Waals surface area contributed by atoms with Crippen LogP contribution < -0.4 is 10.6 Å². The van der Waals surface area contributed by atoms with Crippen molar-refractivity contribution in [3.8, 4) is 0 Å². The van der Waals surface area contributed by atoms with Crippen LogP contribution in [0.5, 0.6) is 0 Å². The van der Waals surface area contributed by atoms with Crippen LogP contribution in [0.3, 0.4) is 0 Å². The number of hydrogen-bond acceptors (Lipinski definition) is 5. The number of unbranched alkanes of at least 4 members (excludes halogenated alkanes) is 1. The van der Waals surface area contributed by atoms with Crippen LogP contribution in [0.15, 0.2) is 24.5 Å². The Balaban J connectivity index is 1.77. The molecule has 128 valence electrons. The van der Waals surface area contributed by atoms with E-state index in [-0.39, 0.29) is 12.1 Å². The zero-order chi connectivity index (χ0) is 16.7. The second kappa shape index (κ2) is 8.81. The Morgan fingerprint density at radius 3 is 3.09 bits per heavy atom. The van der Waals surface area contributed by atoms with Crippen molar-refractivity contribution in [3.63, 3.8) is 0 Å². The van der Waals surface area contributed by atoms with Crippen LogP contribution in [-0.2, 0) is 4.74 Å². The Hall–Kier alpha value is -1.70. The van der Waals surface area contributed by atoms with Crippen molar-refractivity contribution in [2.24, 2.45) is 0 Å². The van der Waals surface area contributed by atoms with E-state index in [0.29, 0.717) is 18.8 Å². The van der Waals surface area contributed by atoms with Gasteiger partial charge < -0.3 is 25.4 Å². The lowest BCUT2D eigenvalue weighted by Crippen LogP contribution is -2.47. The lowest BCUT2D eigenvalue weighted by atomic mass is 10.1. The van der Waals surface area contributed by atoms with Gasteiger partial charge in [0.2, 0.25) is 0 Å². The molecule has 0 radical (unpaired) electrons. The molecule has 2 amide bonds. The van der Waals surface area contributed by atoms with Gasteiger partial charge in [-0.25, -0.2) is 4.79 Å². The second-order valence-corrected chi connectivity index (χ2v) is 5.92. The van der Waals surface area contributed by atoms with Crippen molar-refractivity contribution in [1.29, 1.82) is 0 Å². The van der Waals surface area contributed by atoms with Crippen molar-refractivity contribution in [2.75, 3.05) is 32.1 Å². The minimum absolute atomic E-state index is 0.277. The summed E-state index contributed by atoms with van der Waals surface area (Å²) < 4.78 is 5.63. The van der Waals surface area contributed by atoms with E-state index in [4.69, 9.17) is 4.74 Å². The van der Waals surface area contributed by atoms with Gasteiger partial charge in [0, 0.05) is 12.7 Å². The number of anilines is 1. The van der Waals surface area contributed by atoms with Gasteiger partial charge in [0.05, 0.1) is 30.6 Å². The van der Waals surface area contributed by atoms with Crippen LogP contribution in [0.25, 0.3) is 0 Å². The number of aromatic nitrogens is 1. The van der Waals surface area contributed by atoms with Crippen molar-refractivity contribution in [3.05, 3.63) is 24.5 Å². The van der Waals surface area contributed by atoms with Gasteiger partial charge in [-0.1, -0.05) is 13.3 Å². The standard InChI is InChI=1S/C16H26N4O3/c1-3-4-8-20(2)10-14-15(21)13(11-23-14)19-16(22)18-12-6-5-7-17-9-12/h5-7,9,13-15,21H,3-4,8,10-11H2,1-2H3,(H2,18,19,22). The fourth-order valence-electron chi connectivity index (χ4n) is 2.57. The van der Waals surface area contributed by atoms with E-state index < -0.39 is 12.1 Å². The summed E-state index contributed by atoms with van der Waals surface area (Å²) in [6.07, 6.45) is 4.47. The summed E-state index contributed by atoms with van der Waals surface area (Å²) in [6.45, 7) is 4.09. The second-order valence-electron chi connectivity index (χ2n) is 5.92. The molecule has 1 fully saturated rings. The predicted octanol–water partition coefficient (Wildman–Crippen LogP) is 1.06. The highest BCUT2D eigenvalue weighted by molar-refractivity contribution is 5.89. The average molecular weight is 322 g/mol. The van der Waals surface area contributed by atoms with Crippen LogP contribution >= 0.6 is 0 Å². The van der Waals surface area contributed by atoms with Gasteiger partial charge in [-0.3, -0.25) is 4.98 Å². The number of nitrogens with one attached hydrogen (secondary N) is 2. The minimum Gasteiger partial charge on any atom is -0.388 e. The molecule has 0 aliphatic carbocycles. The van der Waals surface area contributed by atoms with Gasteiger partial charge in [0.1, 0.15) is 6.10 Å². The summed E-state index contributed by atoms with van der Waals surface area (Å²) in [5.74, 6) is 0. The number of rotatable bonds is 7. The maximum absolute atomic E-state index is 12.0. The molecule has 2 heterocycles. The maximum Gasteiger partial charge on any atom is 0.319 e. The lowest BCUT2D eigenvalue weighted by molar-refractivity contribution is 0.0202. The number of pyridine rings is 1. The van der Waals surface area contributed by atoms with Gasteiger partial charge in [-0.05, 0) is 32.1 Å². The molecule has 23 heavy (non-hydrogen) atoms. The number of carbonyl (C=O) groups excluding carboxylic acids is 1. The number of hydrogen-bond donors (Lipinski definition) is 3. The van der Waals surface area contributed by atoms with E-state index in [1.54, 1.807) is 24.5 Å². The van der Waals surface area contributed by atoms with Crippen LogP contribution in [0.1, 0.15) is 19.8 Å². The number of ether oxygens (including phenoxy) is 1. The number of carbonyl (C=O) groups is 1. The first kappa shape index (κ1) is 17.7. The monoisotopic (exact) mass is 322 g/mol. The third-order valence-corrected chi connectivity index (χ3v) is 3.90. The first-order chi connectivity index (χ1) is 11.1. The molecule has 0 bridgehead atoms. The SMILES string of the molecule is CCCCN(C)CC1OCC(NC(=O)Nc2cccnc2)C1O. The van der Waals surface area contributed by atoms with E-state index in [1.807, 2.05) is 7.05 Å². The molecule has 0 saturated carbocycles. The number of nitrogens with zero attached hydrogens (tertiary/aromatic N) is 2. The number of urea groups is 1. The highest BCUT2D eigenvalue weighted by Crippen LogP contribution is 2.16. The molecule has 7 nitrogen and oxygen atoms in total. The van der Waals surface area contributed by atoms with E-state index in [9.17, 15) is 9.90 Å². The van der Waals surface area contributed by atoms with E-state index in [0.717, 1.165) is 19.4 Å². The highest BCUT2D eigenvalue weighted by atomic mass is 16.5. The van der Waals surface area contributed by atoms with E-state index in [1.165, 1.54) is 0 Å². The first-order valence-electron chi connectivity index (χ1n) is 8.06. The molecule has 7 heteroatoms. The first-order valence-corrected chi connectivity index (χ1v) is 8.06. The number of aliphatic hydroxyl groups is 1. The normalized spacial score (nSPS) is 23.9. The van der Waals surface area contributed by atoms with Crippen molar-refractivity contribution < 1.29 is 14.6 Å². The molecule has 0 aromatic carbocycles. The maximum atomic E-state index is 12.0. The summed E-state index contributed by atoms with van der Waals surface area (Å²) in [7, 11) is 2.02. The Labute approximate surface area is 137 Å². The summed E-state index contributed by atoms with van der Waals surface area (Å²) in [4.78, 5) is 18.0. The summed E-state index contributed by atoms with van der Waals surface area (Å²) in [6, 6.07) is 2.71. The van der Waals surface area contributed by atoms with Crippen LogP contribution in [0, 0.1) is 0 Å². The molecule has 0 spiro atoms. The number of likely N-dealkylation sites (N-methyl/N-ethyl adjacent to an activating group) is 1. The number of aliphatic hydroxyl groups excluding tert-OH is 1. The molecule has 1 saturated heterocycles. The molecule has 1 aliphatic heterocycles. The molecule has 1 aromatic heterocycles. The number of amides is 2. The Morgan fingerprint density at radius 1 is 1.57 bits per heavy atom. The zero-order valence-electron chi connectivity index (χ0n) is 13.7. The highest BCUT2D eigenvalue weighted by Gasteiger charge is 2.37. The van der Waals surface area contributed by atoms with Crippen molar-refractivity contribution in [1.82, 2.24) is 15.2 Å². The fourth-order valence-corrected chi connectivity index (χ4v) is 2.57. The lowest BCUT2D eigenvalue weighted by Gasteiger charge is -2.23. The fraction of sp³-hybridized carbons (Fsp3) is 0.625. The zero-order valence-corrected chi connectivity index (χ0v) is 13.7. The molecule has 3 atom stereocenters. The van der Waals surface area contributed by atoms with Gasteiger partial charge in [-0.15, -0.1) is 0 Å². The molecule has 2 rings (SSSR count). The van der Waals surface area contributed by atoms with Crippen molar-refractivity contribution >= 4 is 11.7 Å². The molecule has 1 aliphatic rings. The summed E-state index contributed by atoms with van der Waals surface area (Å²) in [5, 5.41) is 15.8. The van der Waals surface area contributed by atoms with Crippen LogP contribution in [0.4, 0.5) is 10.5 Å². The molecule has 3 unspecified atom stereocenters. The molecular formula is C16H26N4O3. The van der Waals surface area contributed by atoms with Gasteiger partial charge in [0.15, 0.2) is 0 Å². The smallest absolute Gasteiger partial charge is 0.319 e. The van der Waals surface area contributed by atoms with Crippen LogP contribution in [-0.4, -0.2) is 66.0 Å². The molecule has 1 aromatic rings. The summed E-state index contributed by atoms with van der Waals surface area (Å²) >= 11 is 0. The quantitative estimate of drug-likeness (QED) is 0.699. The largest absolute Gasteiger partial charge is 0.388 e. The van der Waals surface area contributed by atoms with Crippen molar-refractivity contribution in [2.45, 2.75) is 38.0 Å². The van der Waals surface area contributed by atoms with Gasteiger partial charge in [-0.2, -0.15) is 0 Å². The van der Waals surface area contributed by atoms with Gasteiger partial charge in [0.25, 0.3) is 0 Å². The Bertz CT molecular complexity index is 485. The minimum atomic E-state index is -0.710. The predicted molar refractivity (Wildman–Crippen MR) is 88.3 cm³/mol. The third kappa shape index (κ3) is 5.46.